The monoisotopic (exact) mass is 343 g/mol. The van der Waals surface area contributed by atoms with Crippen LogP contribution in [0.1, 0.15) is 0 Å². The minimum absolute atomic E-state index is 0.0399. The van der Waals surface area contributed by atoms with Crippen molar-refractivity contribution < 1.29 is 24.0 Å². The minimum atomic E-state index is -0.519. The fourth-order valence-corrected chi connectivity index (χ4v) is 2.17. The number of nitro groups is 1. The Labute approximate surface area is 141 Å². The second-order valence-electron chi connectivity index (χ2n) is 5.14. The average molecular weight is 343 g/mol. The van der Waals surface area contributed by atoms with Crippen molar-refractivity contribution in [3.8, 4) is 11.5 Å². The largest absolute Gasteiger partial charge is 0.484 e. The second kappa shape index (κ2) is 6.87. The molecule has 25 heavy (non-hydrogen) atoms. The van der Waals surface area contributed by atoms with Crippen molar-refractivity contribution in [3.63, 3.8) is 0 Å². The van der Waals surface area contributed by atoms with Crippen LogP contribution in [0.2, 0.25) is 0 Å². The van der Waals surface area contributed by atoms with E-state index in [1.165, 1.54) is 24.3 Å². The Morgan fingerprint density at radius 3 is 2.76 bits per heavy atom. The summed E-state index contributed by atoms with van der Waals surface area (Å²) in [6.07, 6.45) is 0. The topological polar surface area (TPSA) is 120 Å². The summed E-state index contributed by atoms with van der Waals surface area (Å²) in [5.41, 5.74) is 0.891. The van der Waals surface area contributed by atoms with Crippen molar-refractivity contribution in [2.45, 2.75) is 0 Å². The number of nitro benzene ring substituents is 1. The van der Waals surface area contributed by atoms with E-state index in [-0.39, 0.29) is 24.8 Å². The molecule has 0 radical (unpaired) electrons. The maximum atomic E-state index is 11.9. The van der Waals surface area contributed by atoms with Crippen LogP contribution in [0.15, 0.2) is 42.5 Å². The lowest BCUT2D eigenvalue weighted by atomic mass is 10.2. The Bertz CT molecular complexity index is 834. The van der Waals surface area contributed by atoms with Crippen LogP contribution in [0.3, 0.4) is 0 Å². The summed E-state index contributed by atoms with van der Waals surface area (Å²) in [6, 6.07) is 10.3. The van der Waals surface area contributed by atoms with Gasteiger partial charge in [-0.05, 0) is 30.3 Å². The van der Waals surface area contributed by atoms with E-state index >= 15 is 0 Å². The van der Waals surface area contributed by atoms with Gasteiger partial charge in [0.15, 0.2) is 13.2 Å². The zero-order chi connectivity index (χ0) is 17.8. The minimum Gasteiger partial charge on any atom is -0.484 e. The molecule has 1 aliphatic rings. The fourth-order valence-electron chi connectivity index (χ4n) is 2.17. The van der Waals surface area contributed by atoms with E-state index in [4.69, 9.17) is 9.47 Å². The number of hydrogen-bond donors (Lipinski definition) is 2. The lowest BCUT2D eigenvalue weighted by Crippen LogP contribution is -2.25. The summed E-state index contributed by atoms with van der Waals surface area (Å²) in [5.74, 6) is 0.186. The molecule has 0 fully saturated rings. The molecule has 3 rings (SSSR count). The number of benzene rings is 2. The first-order valence-corrected chi connectivity index (χ1v) is 7.25. The molecule has 1 aliphatic heterocycles. The van der Waals surface area contributed by atoms with Crippen LogP contribution in [-0.4, -0.2) is 30.0 Å². The Morgan fingerprint density at radius 1 is 1.28 bits per heavy atom. The van der Waals surface area contributed by atoms with Crippen LogP contribution in [0.5, 0.6) is 11.5 Å². The molecule has 0 saturated heterocycles. The average Bonchev–Trinajstić information content (AvgIpc) is 2.60. The maximum Gasteiger partial charge on any atom is 0.269 e. The van der Waals surface area contributed by atoms with E-state index in [1.807, 2.05) is 0 Å². The van der Waals surface area contributed by atoms with Gasteiger partial charge in [0.2, 0.25) is 0 Å². The van der Waals surface area contributed by atoms with Gasteiger partial charge in [-0.25, -0.2) is 0 Å². The van der Waals surface area contributed by atoms with Crippen molar-refractivity contribution >= 4 is 28.9 Å². The summed E-state index contributed by atoms with van der Waals surface area (Å²) in [7, 11) is 0. The number of non-ortho nitro benzene ring substituents is 1. The van der Waals surface area contributed by atoms with Gasteiger partial charge in [-0.2, -0.15) is 0 Å². The molecule has 9 heteroatoms. The van der Waals surface area contributed by atoms with Gasteiger partial charge in [0, 0.05) is 17.8 Å². The maximum absolute atomic E-state index is 11.9. The molecule has 0 spiro atoms. The predicted molar refractivity (Wildman–Crippen MR) is 87.8 cm³/mol. The number of ether oxygens (including phenoxy) is 2. The molecule has 2 amide bonds. The molecule has 0 bridgehead atoms. The number of rotatable bonds is 5. The number of carbonyl (C=O) groups is 2. The molecule has 0 aromatic heterocycles. The van der Waals surface area contributed by atoms with Crippen LogP contribution in [0, 0.1) is 10.1 Å². The number of fused-ring (bicyclic) bond motifs is 1. The van der Waals surface area contributed by atoms with Crippen LogP contribution in [0.4, 0.5) is 17.1 Å². The van der Waals surface area contributed by atoms with Crippen molar-refractivity contribution in [1.82, 2.24) is 0 Å². The van der Waals surface area contributed by atoms with Gasteiger partial charge >= 0.3 is 0 Å². The lowest BCUT2D eigenvalue weighted by Gasteiger charge is -2.18. The quantitative estimate of drug-likeness (QED) is 0.632. The second-order valence-corrected chi connectivity index (χ2v) is 5.14. The van der Waals surface area contributed by atoms with Gasteiger partial charge in [-0.15, -0.1) is 0 Å². The summed E-state index contributed by atoms with van der Waals surface area (Å²) >= 11 is 0. The van der Waals surface area contributed by atoms with E-state index in [0.29, 0.717) is 22.9 Å². The van der Waals surface area contributed by atoms with Gasteiger partial charge in [-0.1, -0.05) is 0 Å². The Kier molecular flexibility index (Phi) is 4.46. The zero-order valence-corrected chi connectivity index (χ0v) is 12.9. The first kappa shape index (κ1) is 16.2. The van der Waals surface area contributed by atoms with E-state index in [0.717, 1.165) is 0 Å². The SMILES string of the molecule is O=C(COc1ccc([N+](=O)[O-])cc1)Nc1ccc2c(c1)NC(=O)CO2. The number of nitrogens with one attached hydrogen (secondary N) is 2. The van der Waals surface area contributed by atoms with E-state index in [2.05, 4.69) is 10.6 Å². The number of nitrogens with zero attached hydrogens (tertiary/aromatic N) is 1. The molecule has 1 heterocycles. The van der Waals surface area contributed by atoms with Gasteiger partial charge < -0.3 is 20.1 Å². The van der Waals surface area contributed by atoms with E-state index in [1.54, 1.807) is 18.2 Å². The molecule has 0 atom stereocenters. The molecule has 2 N–H and O–H groups in total. The smallest absolute Gasteiger partial charge is 0.269 e. The third-order valence-electron chi connectivity index (χ3n) is 3.31. The summed E-state index contributed by atoms with van der Waals surface area (Å²) in [6.45, 7) is -0.306. The molecule has 2 aromatic carbocycles. The van der Waals surface area contributed by atoms with Crippen LogP contribution in [-0.2, 0) is 9.59 Å². The molecule has 0 saturated carbocycles. The Hall–Kier alpha value is -3.62. The molecular weight excluding hydrogens is 330 g/mol. The van der Waals surface area contributed by atoms with Crippen LogP contribution >= 0.6 is 0 Å². The van der Waals surface area contributed by atoms with E-state index in [9.17, 15) is 19.7 Å². The highest BCUT2D eigenvalue weighted by atomic mass is 16.6. The van der Waals surface area contributed by atoms with Crippen molar-refractivity contribution in [3.05, 3.63) is 52.6 Å². The summed E-state index contributed by atoms with van der Waals surface area (Å²) in [5, 5.41) is 15.8. The highest BCUT2D eigenvalue weighted by molar-refractivity contribution is 5.97. The van der Waals surface area contributed by atoms with Crippen molar-refractivity contribution in [2.75, 3.05) is 23.8 Å². The third kappa shape index (κ3) is 4.02. The molecular formula is C16H13N3O6. The fraction of sp³-hybridized carbons (Fsp3) is 0.125. The summed E-state index contributed by atoms with van der Waals surface area (Å²) in [4.78, 5) is 33.3. The Morgan fingerprint density at radius 2 is 2.04 bits per heavy atom. The van der Waals surface area contributed by atoms with Gasteiger partial charge in [-0.3, -0.25) is 19.7 Å². The number of carbonyl (C=O) groups excluding carboxylic acids is 2. The lowest BCUT2D eigenvalue weighted by molar-refractivity contribution is -0.384. The normalized spacial score (nSPS) is 12.4. The molecule has 2 aromatic rings. The standard InChI is InChI=1S/C16H13N3O6/c20-15(8-24-12-4-2-11(3-5-12)19(22)23)17-10-1-6-14-13(7-10)18-16(21)9-25-14/h1-7H,8-9H2,(H,17,20)(H,18,21). The number of hydrogen-bond acceptors (Lipinski definition) is 6. The molecule has 0 unspecified atom stereocenters. The highest BCUT2D eigenvalue weighted by Gasteiger charge is 2.16. The Balaban J connectivity index is 1.56. The summed E-state index contributed by atoms with van der Waals surface area (Å²) < 4.78 is 10.5. The van der Waals surface area contributed by atoms with Crippen molar-refractivity contribution in [1.29, 1.82) is 0 Å². The van der Waals surface area contributed by atoms with Crippen molar-refractivity contribution in [2.24, 2.45) is 0 Å². The highest BCUT2D eigenvalue weighted by Crippen LogP contribution is 2.30. The van der Waals surface area contributed by atoms with Gasteiger partial charge in [0.1, 0.15) is 11.5 Å². The van der Waals surface area contributed by atoms with Gasteiger partial charge in [0.25, 0.3) is 17.5 Å². The van der Waals surface area contributed by atoms with E-state index < -0.39 is 10.8 Å². The number of amides is 2. The molecule has 0 aliphatic carbocycles. The molecule has 128 valence electrons. The predicted octanol–water partition coefficient (Wildman–Crippen LogP) is 1.94. The van der Waals surface area contributed by atoms with Crippen LogP contribution in [0.25, 0.3) is 0 Å². The number of anilines is 2. The zero-order valence-electron chi connectivity index (χ0n) is 12.9. The molecule has 9 nitrogen and oxygen atoms in total. The first-order valence-electron chi connectivity index (χ1n) is 7.25. The van der Waals surface area contributed by atoms with Crippen LogP contribution < -0.4 is 20.1 Å². The van der Waals surface area contributed by atoms with Gasteiger partial charge in [0.05, 0.1) is 10.6 Å². The first-order chi connectivity index (χ1) is 12.0. The third-order valence-corrected chi connectivity index (χ3v) is 3.31.